The standard InChI is InChI=1S/C20H23FN4O2S/c1-12-8-15(11-20(2,3)10-12)24-25-19-23-18(27)16(28-19)9-17(26)22-14-6-4-13(21)5-7-14/h4-8,16H,9-11H2,1-3H3,(H,22,26)(H,23,25,27)/t16-/m0/s1. The lowest BCUT2D eigenvalue weighted by atomic mass is 9.77. The van der Waals surface area contributed by atoms with Crippen molar-refractivity contribution in [2.24, 2.45) is 15.6 Å². The first-order valence-corrected chi connectivity index (χ1v) is 9.93. The molecule has 2 amide bonds. The van der Waals surface area contributed by atoms with E-state index in [0.717, 1.165) is 18.6 Å². The van der Waals surface area contributed by atoms with Crippen LogP contribution in [0.1, 0.15) is 40.0 Å². The van der Waals surface area contributed by atoms with Gasteiger partial charge in [-0.3, -0.25) is 9.59 Å². The quantitative estimate of drug-likeness (QED) is 0.750. The number of anilines is 1. The van der Waals surface area contributed by atoms with Crippen LogP contribution in [0.2, 0.25) is 0 Å². The molecular weight excluding hydrogens is 379 g/mol. The van der Waals surface area contributed by atoms with Crippen LogP contribution in [0.3, 0.4) is 0 Å². The Kier molecular flexibility index (Phi) is 5.98. The number of carbonyl (C=O) groups is 2. The topological polar surface area (TPSA) is 82.9 Å². The van der Waals surface area contributed by atoms with Gasteiger partial charge in [-0.1, -0.05) is 31.2 Å². The van der Waals surface area contributed by atoms with Crippen LogP contribution in [0.25, 0.3) is 0 Å². The fourth-order valence-corrected chi connectivity index (χ4v) is 4.29. The van der Waals surface area contributed by atoms with Crippen LogP contribution in [0.4, 0.5) is 10.1 Å². The Bertz CT molecular complexity index is 875. The van der Waals surface area contributed by atoms with Crippen molar-refractivity contribution < 1.29 is 14.0 Å². The second kappa shape index (κ2) is 8.26. The van der Waals surface area contributed by atoms with E-state index in [9.17, 15) is 14.0 Å². The largest absolute Gasteiger partial charge is 0.326 e. The summed E-state index contributed by atoms with van der Waals surface area (Å²) in [4.78, 5) is 24.3. The molecule has 0 spiro atoms. The Labute approximate surface area is 167 Å². The molecule has 1 saturated heterocycles. The Morgan fingerprint density at radius 2 is 2.00 bits per heavy atom. The number of amidine groups is 1. The summed E-state index contributed by atoms with van der Waals surface area (Å²) >= 11 is 1.19. The van der Waals surface area contributed by atoms with Crippen LogP contribution in [0.15, 0.2) is 46.1 Å². The van der Waals surface area contributed by atoms with Crippen molar-refractivity contribution in [2.75, 3.05) is 5.32 Å². The maximum absolute atomic E-state index is 12.9. The Hall–Kier alpha value is -2.48. The molecule has 0 unspecified atom stereocenters. The molecule has 1 atom stereocenters. The number of nitrogens with zero attached hydrogens (tertiary/aromatic N) is 2. The summed E-state index contributed by atoms with van der Waals surface area (Å²) < 4.78 is 12.9. The zero-order valence-corrected chi connectivity index (χ0v) is 16.9. The molecule has 1 aliphatic carbocycles. The van der Waals surface area contributed by atoms with Crippen molar-refractivity contribution >= 4 is 40.1 Å². The lowest BCUT2D eigenvalue weighted by Gasteiger charge is -2.28. The highest BCUT2D eigenvalue weighted by Crippen LogP contribution is 2.34. The van der Waals surface area contributed by atoms with Crippen LogP contribution in [-0.2, 0) is 9.59 Å². The third-order valence-corrected chi connectivity index (χ3v) is 5.45. The Morgan fingerprint density at radius 1 is 1.29 bits per heavy atom. The van der Waals surface area contributed by atoms with Crippen LogP contribution in [-0.4, -0.2) is 27.9 Å². The molecule has 148 valence electrons. The number of thioether (sulfide) groups is 1. The minimum Gasteiger partial charge on any atom is -0.326 e. The summed E-state index contributed by atoms with van der Waals surface area (Å²) in [7, 11) is 0. The summed E-state index contributed by atoms with van der Waals surface area (Å²) in [6.45, 7) is 6.45. The molecule has 0 radical (unpaired) electrons. The molecule has 0 aromatic heterocycles. The molecule has 0 saturated carbocycles. The number of hydrogen-bond acceptors (Lipinski definition) is 5. The second-order valence-electron chi connectivity index (χ2n) is 7.86. The summed E-state index contributed by atoms with van der Waals surface area (Å²) in [6, 6.07) is 5.47. The molecule has 1 fully saturated rings. The van der Waals surface area contributed by atoms with Gasteiger partial charge >= 0.3 is 0 Å². The van der Waals surface area contributed by atoms with E-state index in [1.165, 1.54) is 41.6 Å². The number of allylic oxidation sites excluding steroid dienone is 2. The number of halogens is 1. The fraction of sp³-hybridized carbons (Fsp3) is 0.400. The first-order chi connectivity index (χ1) is 13.2. The lowest BCUT2D eigenvalue weighted by molar-refractivity contribution is -0.122. The first-order valence-electron chi connectivity index (χ1n) is 9.05. The zero-order chi connectivity index (χ0) is 20.3. The van der Waals surface area contributed by atoms with Crippen molar-refractivity contribution in [1.29, 1.82) is 0 Å². The third-order valence-electron chi connectivity index (χ3n) is 4.37. The molecule has 1 aromatic carbocycles. The van der Waals surface area contributed by atoms with E-state index in [4.69, 9.17) is 0 Å². The van der Waals surface area contributed by atoms with E-state index < -0.39 is 5.25 Å². The van der Waals surface area contributed by atoms with Gasteiger partial charge in [-0.15, -0.1) is 5.10 Å². The third kappa shape index (κ3) is 5.51. The number of carbonyl (C=O) groups excluding carboxylic acids is 2. The van der Waals surface area contributed by atoms with Gasteiger partial charge in [-0.25, -0.2) is 4.39 Å². The maximum atomic E-state index is 12.9. The average Bonchev–Trinajstić information content (AvgIpc) is 2.93. The lowest BCUT2D eigenvalue weighted by Crippen LogP contribution is -2.28. The molecule has 1 heterocycles. The van der Waals surface area contributed by atoms with Crippen LogP contribution >= 0.6 is 11.8 Å². The number of rotatable bonds is 4. The molecule has 1 aromatic rings. The highest BCUT2D eigenvalue weighted by Gasteiger charge is 2.32. The van der Waals surface area contributed by atoms with E-state index in [1.807, 2.05) is 6.08 Å². The summed E-state index contributed by atoms with van der Waals surface area (Å²) in [5.41, 5.74) is 2.77. The molecule has 8 heteroatoms. The second-order valence-corrected chi connectivity index (χ2v) is 9.05. The molecule has 3 rings (SSSR count). The molecular formula is C20H23FN4O2S. The molecule has 1 aliphatic heterocycles. The number of hydrogen-bond donors (Lipinski definition) is 2. The van der Waals surface area contributed by atoms with Gasteiger partial charge in [-0.05, 0) is 55.5 Å². The predicted molar refractivity (Wildman–Crippen MR) is 111 cm³/mol. The van der Waals surface area contributed by atoms with Crippen molar-refractivity contribution in [2.45, 2.75) is 45.3 Å². The van der Waals surface area contributed by atoms with E-state index in [2.05, 4.69) is 41.6 Å². The number of benzene rings is 1. The summed E-state index contributed by atoms with van der Waals surface area (Å²) in [5.74, 6) is -0.967. The maximum Gasteiger partial charge on any atom is 0.240 e. The van der Waals surface area contributed by atoms with Crippen LogP contribution in [0, 0.1) is 11.2 Å². The highest BCUT2D eigenvalue weighted by molar-refractivity contribution is 8.15. The zero-order valence-electron chi connectivity index (χ0n) is 16.1. The highest BCUT2D eigenvalue weighted by atomic mass is 32.2. The minimum absolute atomic E-state index is 0.00445. The van der Waals surface area contributed by atoms with Gasteiger partial charge in [0.05, 0.1) is 5.71 Å². The Balaban J connectivity index is 1.59. The minimum atomic E-state index is -0.570. The van der Waals surface area contributed by atoms with Crippen molar-refractivity contribution in [1.82, 2.24) is 5.32 Å². The summed E-state index contributed by atoms with van der Waals surface area (Å²) in [5, 5.41) is 13.6. The van der Waals surface area contributed by atoms with Crippen molar-refractivity contribution in [3.05, 3.63) is 41.7 Å². The molecule has 2 aliphatic rings. The average molecular weight is 402 g/mol. The monoisotopic (exact) mass is 402 g/mol. The van der Waals surface area contributed by atoms with Crippen LogP contribution in [0.5, 0.6) is 0 Å². The summed E-state index contributed by atoms with van der Waals surface area (Å²) in [6.07, 6.45) is 3.88. The van der Waals surface area contributed by atoms with Gasteiger partial charge < -0.3 is 10.6 Å². The van der Waals surface area contributed by atoms with Gasteiger partial charge in [0.2, 0.25) is 11.8 Å². The van der Waals surface area contributed by atoms with Crippen molar-refractivity contribution in [3.8, 4) is 0 Å². The van der Waals surface area contributed by atoms with Crippen LogP contribution < -0.4 is 10.6 Å². The van der Waals surface area contributed by atoms with Gasteiger partial charge in [0.25, 0.3) is 0 Å². The normalized spacial score (nSPS) is 24.2. The van der Waals surface area contributed by atoms with E-state index >= 15 is 0 Å². The van der Waals surface area contributed by atoms with E-state index in [1.54, 1.807) is 0 Å². The molecule has 28 heavy (non-hydrogen) atoms. The predicted octanol–water partition coefficient (Wildman–Crippen LogP) is 3.86. The van der Waals surface area contributed by atoms with Gasteiger partial charge in [0.15, 0.2) is 5.17 Å². The van der Waals surface area contributed by atoms with E-state index in [-0.39, 0.29) is 29.5 Å². The number of nitrogens with one attached hydrogen (secondary N) is 2. The van der Waals surface area contributed by atoms with E-state index in [0.29, 0.717) is 10.9 Å². The van der Waals surface area contributed by atoms with Gasteiger partial charge in [0.1, 0.15) is 11.1 Å². The van der Waals surface area contributed by atoms with Crippen molar-refractivity contribution in [3.63, 3.8) is 0 Å². The number of amides is 2. The molecule has 2 N–H and O–H groups in total. The first kappa shape index (κ1) is 20.3. The van der Waals surface area contributed by atoms with Gasteiger partial charge in [-0.2, -0.15) is 5.10 Å². The SMILES string of the molecule is CC1=CC(=NN=C2NC(=O)[C@H](CC(=O)Nc3ccc(F)cc3)S2)CC(C)(C)C1. The Morgan fingerprint density at radius 3 is 2.68 bits per heavy atom. The van der Waals surface area contributed by atoms with Gasteiger partial charge in [0, 0.05) is 12.1 Å². The smallest absolute Gasteiger partial charge is 0.240 e. The molecule has 0 bridgehead atoms. The molecule has 6 nitrogen and oxygen atoms in total. The fourth-order valence-electron chi connectivity index (χ4n) is 3.37.